The second kappa shape index (κ2) is 6.46. The van der Waals surface area contributed by atoms with Gasteiger partial charge in [-0.3, -0.25) is 9.59 Å². The van der Waals surface area contributed by atoms with E-state index < -0.39 is 34.4 Å². The first-order valence-corrected chi connectivity index (χ1v) is 8.62. The summed E-state index contributed by atoms with van der Waals surface area (Å²) in [6.45, 7) is -0.732. The fourth-order valence-electron chi connectivity index (χ4n) is 2.22. The number of rotatable bonds is 5. The molecule has 0 aromatic heterocycles. The van der Waals surface area contributed by atoms with Crippen molar-refractivity contribution in [1.82, 2.24) is 9.79 Å². The van der Waals surface area contributed by atoms with Crippen molar-refractivity contribution in [3.63, 3.8) is 0 Å². The van der Waals surface area contributed by atoms with Crippen LogP contribution in [0.5, 0.6) is 0 Å². The van der Waals surface area contributed by atoms with Crippen molar-refractivity contribution in [2.45, 2.75) is 4.90 Å². The van der Waals surface area contributed by atoms with Crippen molar-refractivity contribution >= 4 is 27.8 Å². The summed E-state index contributed by atoms with van der Waals surface area (Å²) in [4.78, 5) is 40.6. The molecule has 8 nitrogen and oxygen atoms in total. The summed E-state index contributed by atoms with van der Waals surface area (Å²) in [5.41, 5.74) is 0.232. The van der Waals surface area contributed by atoms with Crippen LogP contribution in [0.4, 0.5) is 0 Å². The van der Waals surface area contributed by atoms with Crippen LogP contribution in [0.15, 0.2) is 59.5 Å². The molecule has 0 unspecified atom stereocenters. The summed E-state index contributed by atoms with van der Waals surface area (Å²) in [7, 11) is -3.91. The number of carbonyl (C=O) groups is 3. The molecule has 2 aromatic carbocycles. The highest BCUT2D eigenvalue weighted by molar-refractivity contribution is 7.89. The third kappa shape index (κ3) is 3.28. The van der Waals surface area contributed by atoms with Crippen molar-refractivity contribution in [1.29, 1.82) is 0 Å². The first-order valence-electron chi connectivity index (χ1n) is 7.13. The van der Waals surface area contributed by atoms with E-state index in [4.69, 9.17) is 4.84 Å². The van der Waals surface area contributed by atoms with Gasteiger partial charge in [0.1, 0.15) is 6.54 Å². The van der Waals surface area contributed by atoms with Crippen LogP contribution in [-0.4, -0.2) is 37.8 Å². The van der Waals surface area contributed by atoms with E-state index in [-0.39, 0.29) is 16.0 Å². The number of hydroxylamine groups is 2. The van der Waals surface area contributed by atoms with Crippen molar-refractivity contribution in [3.8, 4) is 0 Å². The Labute approximate surface area is 143 Å². The van der Waals surface area contributed by atoms with Gasteiger partial charge in [0, 0.05) is 0 Å². The Kier molecular flexibility index (Phi) is 4.34. The Hall–Kier alpha value is -3.04. The molecule has 0 spiro atoms. The van der Waals surface area contributed by atoms with Crippen LogP contribution in [0.25, 0.3) is 0 Å². The standard InChI is InChI=1S/C16H12N2O6S/c19-14(10-17-25(22,23)11-6-2-1-3-7-11)24-18-15(20)12-8-4-5-9-13(12)16(18)21/h1-9,17H,10H2. The first kappa shape index (κ1) is 16.8. The smallest absolute Gasteiger partial charge is 0.328 e. The Bertz CT molecular complexity index is 921. The van der Waals surface area contributed by atoms with E-state index in [1.807, 2.05) is 4.72 Å². The largest absolute Gasteiger partial charge is 0.347 e. The summed E-state index contributed by atoms with van der Waals surface area (Å²) in [6, 6.07) is 13.4. The number of hydrogen-bond acceptors (Lipinski definition) is 6. The van der Waals surface area contributed by atoms with Crippen LogP contribution < -0.4 is 4.72 Å². The van der Waals surface area contributed by atoms with E-state index >= 15 is 0 Å². The van der Waals surface area contributed by atoms with Crippen molar-refractivity contribution in [2.75, 3.05) is 6.54 Å². The van der Waals surface area contributed by atoms with Crippen molar-refractivity contribution in [3.05, 3.63) is 65.7 Å². The van der Waals surface area contributed by atoms with Gasteiger partial charge in [-0.25, -0.2) is 13.2 Å². The van der Waals surface area contributed by atoms with Gasteiger partial charge >= 0.3 is 5.97 Å². The number of benzene rings is 2. The number of hydrogen-bond donors (Lipinski definition) is 1. The summed E-state index contributed by atoms with van der Waals surface area (Å²) in [5, 5.41) is 0.323. The van der Waals surface area contributed by atoms with Crippen molar-refractivity contribution < 1.29 is 27.6 Å². The first-order chi connectivity index (χ1) is 11.9. The molecule has 1 heterocycles. The lowest BCUT2D eigenvalue weighted by Gasteiger charge is -2.13. The normalized spacial score (nSPS) is 13.7. The highest BCUT2D eigenvalue weighted by Gasteiger charge is 2.38. The molecule has 0 saturated carbocycles. The molecule has 128 valence electrons. The Morgan fingerprint density at radius 1 is 0.920 bits per heavy atom. The summed E-state index contributed by atoms with van der Waals surface area (Å²) in [6.07, 6.45) is 0. The van der Waals surface area contributed by atoms with Gasteiger partial charge in [-0.2, -0.15) is 4.72 Å². The second-order valence-electron chi connectivity index (χ2n) is 5.05. The molecule has 1 aliphatic heterocycles. The summed E-state index contributed by atoms with van der Waals surface area (Å²) < 4.78 is 26.1. The van der Waals surface area contributed by atoms with Gasteiger partial charge in [-0.1, -0.05) is 35.4 Å². The predicted molar refractivity (Wildman–Crippen MR) is 84.7 cm³/mol. The molecule has 1 N–H and O–H groups in total. The zero-order valence-corrected chi connectivity index (χ0v) is 13.5. The summed E-state index contributed by atoms with van der Waals surface area (Å²) >= 11 is 0. The van der Waals surface area contributed by atoms with E-state index in [9.17, 15) is 22.8 Å². The molecule has 0 radical (unpaired) electrons. The van der Waals surface area contributed by atoms with Gasteiger partial charge in [0.15, 0.2) is 0 Å². The van der Waals surface area contributed by atoms with Gasteiger partial charge in [0.2, 0.25) is 10.0 Å². The Morgan fingerprint density at radius 2 is 1.44 bits per heavy atom. The molecule has 0 fully saturated rings. The molecule has 2 amide bonds. The lowest BCUT2D eigenvalue weighted by molar-refractivity contribution is -0.166. The van der Waals surface area contributed by atoms with E-state index in [0.717, 1.165) is 0 Å². The van der Waals surface area contributed by atoms with Crippen LogP contribution in [-0.2, 0) is 19.7 Å². The van der Waals surface area contributed by atoms with Crippen LogP contribution in [0.2, 0.25) is 0 Å². The number of sulfonamides is 1. The number of amides is 2. The van der Waals surface area contributed by atoms with E-state index in [1.54, 1.807) is 18.2 Å². The minimum absolute atomic E-state index is 0.0245. The number of nitrogens with zero attached hydrogens (tertiary/aromatic N) is 1. The molecule has 0 atom stereocenters. The predicted octanol–water partition coefficient (Wildman–Crippen LogP) is 0.719. The van der Waals surface area contributed by atoms with E-state index in [1.165, 1.54) is 36.4 Å². The average molecular weight is 360 g/mol. The van der Waals surface area contributed by atoms with E-state index in [0.29, 0.717) is 5.06 Å². The van der Waals surface area contributed by atoms with E-state index in [2.05, 4.69) is 0 Å². The number of fused-ring (bicyclic) bond motifs is 1. The molecule has 0 saturated heterocycles. The molecule has 0 bridgehead atoms. The minimum Gasteiger partial charge on any atom is -0.328 e. The van der Waals surface area contributed by atoms with Gasteiger partial charge < -0.3 is 4.84 Å². The molecule has 0 aliphatic carbocycles. The monoisotopic (exact) mass is 360 g/mol. The molecule has 25 heavy (non-hydrogen) atoms. The van der Waals surface area contributed by atoms with Gasteiger partial charge in [-0.05, 0) is 24.3 Å². The molecular weight excluding hydrogens is 348 g/mol. The Morgan fingerprint density at radius 3 is 2.00 bits per heavy atom. The fraction of sp³-hybridized carbons (Fsp3) is 0.0625. The molecule has 3 rings (SSSR count). The third-order valence-electron chi connectivity index (χ3n) is 3.41. The summed E-state index contributed by atoms with van der Waals surface area (Å²) in [5.74, 6) is -2.64. The van der Waals surface area contributed by atoms with Crippen molar-refractivity contribution in [2.24, 2.45) is 0 Å². The zero-order chi connectivity index (χ0) is 18.0. The zero-order valence-electron chi connectivity index (χ0n) is 12.7. The molecular formula is C16H12N2O6S. The minimum atomic E-state index is -3.91. The quantitative estimate of drug-likeness (QED) is 0.787. The highest BCUT2D eigenvalue weighted by Crippen LogP contribution is 2.22. The molecule has 2 aromatic rings. The van der Waals surface area contributed by atoms with Crippen LogP contribution >= 0.6 is 0 Å². The highest BCUT2D eigenvalue weighted by atomic mass is 32.2. The van der Waals surface area contributed by atoms with Gasteiger partial charge in [-0.15, -0.1) is 0 Å². The third-order valence-corrected chi connectivity index (χ3v) is 4.83. The van der Waals surface area contributed by atoms with Gasteiger partial charge in [0.25, 0.3) is 11.8 Å². The lowest BCUT2D eigenvalue weighted by Crippen LogP contribution is -2.38. The SMILES string of the molecule is O=C(CNS(=O)(=O)c1ccccc1)ON1C(=O)c2ccccc2C1=O. The molecule has 9 heteroatoms. The maximum absolute atomic E-state index is 12.1. The van der Waals surface area contributed by atoms with Crippen LogP contribution in [0, 0.1) is 0 Å². The second-order valence-corrected chi connectivity index (χ2v) is 6.82. The van der Waals surface area contributed by atoms with Gasteiger partial charge in [0.05, 0.1) is 16.0 Å². The fourth-order valence-corrected chi connectivity index (χ4v) is 3.21. The number of carbonyl (C=O) groups excluding carboxylic acids is 3. The topological polar surface area (TPSA) is 110 Å². The maximum atomic E-state index is 12.1. The Balaban J connectivity index is 1.65. The number of nitrogens with one attached hydrogen (secondary N) is 1. The lowest BCUT2D eigenvalue weighted by atomic mass is 10.1. The average Bonchev–Trinajstić information content (AvgIpc) is 2.86. The van der Waals surface area contributed by atoms with Crippen LogP contribution in [0.1, 0.15) is 20.7 Å². The number of imide groups is 1. The maximum Gasteiger partial charge on any atom is 0.347 e. The molecule has 1 aliphatic rings. The van der Waals surface area contributed by atoms with Crippen LogP contribution in [0.3, 0.4) is 0 Å².